The third-order valence-electron chi connectivity index (χ3n) is 5.73. The molecule has 2 heterocycles. The highest BCUT2D eigenvalue weighted by Gasteiger charge is 2.25. The fourth-order valence-electron chi connectivity index (χ4n) is 3.75. The van der Waals surface area contributed by atoms with Crippen LogP contribution in [0.5, 0.6) is 0 Å². The highest BCUT2D eigenvalue weighted by Crippen LogP contribution is 2.25. The van der Waals surface area contributed by atoms with E-state index >= 15 is 0 Å². The van der Waals surface area contributed by atoms with Crippen LogP contribution in [-0.2, 0) is 19.6 Å². The van der Waals surface area contributed by atoms with Crippen LogP contribution >= 0.6 is 11.3 Å². The van der Waals surface area contributed by atoms with Gasteiger partial charge in [0.2, 0.25) is 10.0 Å². The van der Waals surface area contributed by atoms with E-state index < -0.39 is 28.5 Å². The molecule has 0 radical (unpaired) electrons. The Kier molecular flexibility index (Phi) is 7.94. The van der Waals surface area contributed by atoms with E-state index in [-0.39, 0.29) is 10.5 Å². The monoisotopic (exact) mass is 513 g/mol. The van der Waals surface area contributed by atoms with Gasteiger partial charge >= 0.3 is 5.97 Å². The predicted molar refractivity (Wildman–Crippen MR) is 135 cm³/mol. The Morgan fingerprint density at radius 2 is 1.66 bits per heavy atom. The Hall–Kier alpha value is -3.08. The van der Waals surface area contributed by atoms with Crippen LogP contribution in [0.3, 0.4) is 0 Å². The van der Waals surface area contributed by atoms with Crippen molar-refractivity contribution in [1.29, 1.82) is 0 Å². The molecule has 10 heteroatoms. The molecule has 1 saturated heterocycles. The van der Waals surface area contributed by atoms with Crippen LogP contribution in [0.2, 0.25) is 0 Å². The zero-order valence-corrected chi connectivity index (χ0v) is 21.0. The van der Waals surface area contributed by atoms with E-state index in [1.165, 1.54) is 39.9 Å². The standard InChI is InChI=1S/C25H27N3O5S2/c1-18-6-8-19(9-7-18)22-17-34-25(26-22)27-23(29)16-33-24(30)20-10-12-21(13-11-20)35(31,32)28-14-4-2-3-5-15-28/h6-13,17H,2-5,14-16H2,1H3,(H,26,27,29). The fraction of sp³-hybridized carbons (Fsp3) is 0.320. The number of nitrogens with zero attached hydrogens (tertiary/aromatic N) is 2. The number of carbonyl (C=O) groups excluding carboxylic acids is 2. The SMILES string of the molecule is Cc1ccc(-c2csc(NC(=O)COC(=O)c3ccc(S(=O)(=O)N4CCCCCC4)cc3)n2)cc1. The molecule has 1 fully saturated rings. The van der Waals surface area contributed by atoms with Crippen molar-refractivity contribution in [3.63, 3.8) is 0 Å². The van der Waals surface area contributed by atoms with Crippen molar-refractivity contribution < 1.29 is 22.7 Å². The van der Waals surface area contributed by atoms with Crippen LogP contribution < -0.4 is 5.32 Å². The molecular weight excluding hydrogens is 486 g/mol. The van der Waals surface area contributed by atoms with Gasteiger partial charge in [-0.05, 0) is 44.0 Å². The lowest BCUT2D eigenvalue weighted by atomic mass is 10.1. The van der Waals surface area contributed by atoms with Crippen LogP contribution in [0, 0.1) is 6.92 Å². The summed E-state index contributed by atoms with van der Waals surface area (Å²) >= 11 is 1.28. The number of thiazole rings is 1. The zero-order valence-electron chi connectivity index (χ0n) is 19.4. The summed E-state index contributed by atoms with van der Waals surface area (Å²) in [6, 6.07) is 13.5. The van der Waals surface area contributed by atoms with E-state index in [2.05, 4.69) is 10.3 Å². The number of benzene rings is 2. The topological polar surface area (TPSA) is 106 Å². The van der Waals surface area contributed by atoms with Crippen LogP contribution in [0.4, 0.5) is 5.13 Å². The van der Waals surface area contributed by atoms with Gasteiger partial charge in [0, 0.05) is 24.0 Å². The third kappa shape index (κ3) is 6.33. The Morgan fingerprint density at radius 1 is 1.00 bits per heavy atom. The number of rotatable bonds is 7. The normalized spacial score (nSPS) is 14.8. The first-order valence-corrected chi connectivity index (χ1v) is 13.7. The van der Waals surface area contributed by atoms with Gasteiger partial charge in [0.25, 0.3) is 5.91 Å². The Bertz CT molecular complexity index is 1280. The van der Waals surface area contributed by atoms with Crippen molar-refractivity contribution in [2.75, 3.05) is 25.0 Å². The number of anilines is 1. The fourth-order valence-corrected chi connectivity index (χ4v) is 6.00. The quantitative estimate of drug-likeness (QED) is 0.467. The molecule has 8 nitrogen and oxygen atoms in total. The first kappa shape index (κ1) is 25.0. The van der Waals surface area contributed by atoms with E-state index in [1.54, 1.807) is 0 Å². The van der Waals surface area contributed by atoms with Crippen LogP contribution in [-0.4, -0.2) is 49.3 Å². The van der Waals surface area contributed by atoms with E-state index in [1.807, 2.05) is 36.6 Å². The molecule has 35 heavy (non-hydrogen) atoms. The lowest BCUT2D eigenvalue weighted by Crippen LogP contribution is -2.31. The summed E-state index contributed by atoms with van der Waals surface area (Å²) in [6.45, 7) is 2.54. The second-order valence-corrected chi connectivity index (χ2v) is 11.2. The van der Waals surface area contributed by atoms with Crippen molar-refractivity contribution in [1.82, 2.24) is 9.29 Å². The molecule has 2 aromatic carbocycles. The number of aromatic nitrogens is 1. The van der Waals surface area contributed by atoms with E-state index in [4.69, 9.17) is 4.74 Å². The van der Waals surface area contributed by atoms with Gasteiger partial charge in [-0.2, -0.15) is 4.31 Å². The molecule has 184 valence electrons. The van der Waals surface area contributed by atoms with Crippen molar-refractivity contribution >= 4 is 38.4 Å². The molecule has 0 bridgehead atoms. The summed E-state index contributed by atoms with van der Waals surface area (Å²) in [4.78, 5) is 29.1. The number of carbonyl (C=O) groups is 2. The minimum Gasteiger partial charge on any atom is -0.452 e. The predicted octanol–water partition coefficient (Wildman–Crippen LogP) is 4.48. The number of nitrogens with one attached hydrogen (secondary N) is 1. The second kappa shape index (κ2) is 11.1. The molecule has 1 aliphatic rings. The van der Waals surface area contributed by atoms with Gasteiger partial charge < -0.3 is 4.74 Å². The van der Waals surface area contributed by atoms with Crippen molar-refractivity contribution in [2.45, 2.75) is 37.5 Å². The summed E-state index contributed by atoms with van der Waals surface area (Å²) in [5.41, 5.74) is 3.01. The van der Waals surface area contributed by atoms with E-state index in [0.29, 0.717) is 18.2 Å². The molecule has 0 saturated carbocycles. The molecule has 0 spiro atoms. The number of esters is 1. The van der Waals surface area contributed by atoms with Crippen molar-refractivity contribution in [3.05, 3.63) is 65.0 Å². The molecule has 0 atom stereocenters. The molecule has 1 amide bonds. The maximum atomic E-state index is 12.9. The highest BCUT2D eigenvalue weighted by molar-refractivity contribution is 7.89. The van der Waals surface area contributed by atoms with Gasteiger partial charge in [-0.3, -0.25) is 10.1 Å². The molecule has 1 aromatic heterocycles. The number of hydrogen-bond donors (Lipinski definition) is 1. The number of aryl methyl sites for hydroxylation is 1. The molecular formula is C25H27N3O5S2. The van der Waals surface area contributed by atoms with Gasteiger partial charge in [-0.25, -0.2) is 18.2 Å². The molecule has 1 aliphatic heterocycles. The van der Waals surface area contributed by atoms with Crippen molar-refractivity contribution in [2.24, 2.45) is 0 Å². The zero-order chi connectivity index (χ0) is 24.8. The molecule has 0 unspecified atom stereocenters. The summed E-state index contributed by atoms with van der Waals surface area (Å²) in [6.07, 6.45) is 3.75. The number of amides is 1. The lowest BCUT2D eigenvalue weighted by Gasteiger charge is -2.19. The number of sulfonamides is 1. The molecule has 3 aromatic rings. The summed E-state index contributed by atoms with van der Waals surface area (Å²) < 4.78 is 32.3. The van der Waals surface area contributed by atoms with Crippen molar-refractivity contribution in [3.8, 4) is 11.3 Å². The largest absolute Gasteiger partial charge is 0.452 e. The minimum atomic E-state index is -3.60. The maximum absolute atomic E-state index is 12.9. The third-order valence-corrected chi connectivity index (χ3v) is 8.40. The first-order valence-electron chi connectivity index (χ1n) is 11.4. The van der Waals surface area contributed by atoms with E-state index in [9.17, 15) is 18.0 Å². The van der Waals surface area contributed by atoms with Crippen LogP contribution in [0.15, 0.2) is 58.8 Å². The second-order valence-electron chi connectivity index (χ2n) is 8.37. The van der Waals surface area contributed by atoms with Gasteiger partial charge in [-0.1, -0.05) is 42.7 Å². The Labute approximate surface area is 209 Å². The van der Waals surface area contributed by atoms with Gasteiger partial charge in [0.05, 0.1) is 16.2 Å². The van der Waals surface area contributed by atoms with Gasteiger partial charge in [0.15, 0.2) is 11.7 Å². The highest BCUT2D eigenvalue weighted by atomic mass is 32.2. The number of hydrogen-bond acceptors (Lipinski definition) is 7. The molecule has 0 aliphatic carbocycles. The van der Waals surface area contributed by atoms with Gasteiger partial charge in [0.1, 0.15) is 0 Å². The Balaban J connectivity index is 1.30. The first-order chi connectivity index (χ1) is 16.8. The number of ether oxygens (including phenoxy) is 1. The Morgan fingerprint density at radius 3 is 2.31 bits per heavy atom. The van der Waals surface area contributed by atoms with Crippen LogP contribution in [0.1, 0.15) is 41.6 Å². The van der Waals surface area contributed by atoms with E-state index in [0.717, 1.165) is 42.5 Å². The lowest BCUT2D eigenvalue weighted by molar-refractivity contribution is -0.119. The molecule has 1 N–H and O–H groups in total. The molecule has 4 rings (SSSR count). The average Bonchev–Trinajstić information content (AvgIpc) is 3.13. The summed E-state index contributed by atoms with van der Waals surface area (Å²) in [5, 5.41) is 4.88. The van der Waals surface area contributed by atoms with Gasteiger partial charge in [-0.15, -0.1) is 11.3 Å². The minimum absolute atomic E-state index is 0.141. The average molecular weight is 514 g/mol. The summed E-state index contributed by atoms with van der Waals surface area (Å²) in [5.74, 6) is -1.22. The van der Waals surface area contributed by atoms with Crippen LogP contribution in [0.25, 0.3) is 11.3 Å². The smallest absolute Gasteiger partial charge is 0.338 e. The summed E-state index contributed by atoms with van der Waals surface area (Å²) in [7, 11) is -3.60. The maximum Gasteiger partial charge on any atom is 0.338 e.